The van der Waals surface area contributed by atoms with E-state index in [-0.39, 0.29) is 5.41 Å². The van der Waals surface area contributed by atoms with Gasteiger partial charge in [-0.25, -0.2) is 0 Å². The number of likely N-dealkylation sites (tertiary alicyclic amines) is 1. The zero-order valence-electron chi connectivity index (χ0n) is 16.2. The smallest absolute Gasteiger partial charge is 0.0627 e. The lowest BCUT2D eigenvalue weighted by Crippen LogP contribution is -2.39. The first-order valence-corrected chi connectivity index (χ1v) is 8.87. The predicted molar refractivity (Wildman–Crippen MR) is 111 cm³/mol. The summed E-state index contributed by atoms with van der Waals surface area (Å²) in [5, 5.41) is 8.90. The Morgan fingerprint density at radius 3 is 2.28 bits per heavy atom. The maximum atomic E-state index is 8.90. The van der Waals surface area contributed by atoms with Gasteiger partial charge >= 0.3 is 0 Å². The summed E-state index contributed by atoms with van der Waals surface area (Å²) in [7, 11) is 0. The van der Waals surface area contributed by atoms with Crippen LogP contribution in [0.1, 0.15) is 40.0 Å². The lowest BCUT2D eigenvalue weighted by molar-refractivity contribution is 0.130. The Kier molecular flexibility index (Phi) is 11.2. The highest BCUT2D eigenvalue weighted by Crippen LogP contribution is 2.34. The predicted octanol–water partition coefficient (Wildman–Crippen LogP) is 5.47. The van der Waals surface area contributed by atoms with Crippen LogP contribution >= 0.6 is 0 Å². The van der Waals surface area contributed by atoms with Crippen molar-refractivity contribution in [2.75, 3.05) is 19.6 Å². The van der Waals surface area contributed by atoms with E-state index in [1.807, 2.05) is 26.0 Å². The van der Waals surface area contributed by atoms with Crippen LogP contribution in [-0.2, 0) is 0 Å². The van der Waals surface area contributed by atoms with Crippen LogP contribution < -0.4 is 0 Å². The molecule has 1 saturated heterocycles. The third kappa shape index (κ3) is 9.02. The largest absolute Gasteiger partial charge is 0.299 e. The molecule has 1 aliphatic heterocycles. The first-order chi connectivity index (χ1) is 11.9. The fraction of sp³-hybridized carbons (Fsp3) is 0.455. The number of nitriles is 1. The van der Waals surface area contributed by atoms with Crippen molar-refractivity contribution in [2.45, 2.75) is 40.0 Å². The molecule has 0 aromatic rings. The average molecular weight is 340 g/mol. The molecular weight excluding hydrogens is 306 g/mol. The molecule has 0 atom stereocenters. The lowest BCUT2D eigenvalue weighted by Gasteiger charge is -2.38. The summed E-state index contributed by atoms with van der Waals surface area (Å²) in [4.78, 5) is 6.32. The van der Waals surface area contributed by atoms with Gasteiger partial charge < -0.3 is 0 Å². The van der Waals surface area contributed by atoms with Crippen LogP contribution in [0, 0.1) is 16.7 Å². The average Bonchev–Trinajstić information content (AvgIpc) is 2.61. The van der Waals surface area contributed by atoms with Crippen molar-refractivity contribution in [1.82, 2.24) is 4.90 Å². The highest BCUT2D eigenvalue weighted by molar-refractivity contribution is 5.85. The maximum Gasteiger partial charge on any atom is 0.0627 e. The van der Waals surface area contributed by atoms with Crippen molar-refractivity contribution in [3.8, 4) is 6.07 Å². The Bertz CT molecular complexity index is 565. The Morgan fingerprint density at radius 1 is 1.16 bits per heavy atom. The van der Waals surface area contributed by atoms with E-state index in [4.69, 9.17) is 5.26 Å². The minimum Gasteiger partial charge on any atom is -0.299 e. The molecule has 0 radical (unpaired) electrons. The summed E-state index contributed by atoms with van der Waals surface area (Å²) in [5.74, 6) is 0. The van der Waals surface area contributed by atoms with Crippen LogP contribution in [0.2, 0.25) is 0 Å². The van der Waals surface area contributed by atoms with Gasteiger partial charge in [0, 0.05) is 25.4 Å². The molecule has 0 bridgehead atoms. The molecule has 0 aliphatic carbocycles. The number of piperidine rings is 1. The van der Waals surface area contributed by atoms with Gasteiger partial charge in [-0.2, -0.15) is 5.26 Å². The number of hydrogen-bond donors (Lipinski definition) is 0. The van der Waals surface area contributed by atoms with Crippen LogP contribution in [0.5, 0.6) is 0 Å². The number of aliphatic imine (C=N–C) groups is 1. The molecule has 0 saturated carbocycles. The molecule has 0 unspecified atom stereocenters. The highest BCUT2D eigenvalue weighted by Gasteiger charge is 2.29. The molecule has 1 rings (SSSR count). The minimum absolute atomic E-state index is 0.180. The van der Waals surface area contributed by atoms with Crippen molar-refractivity contribution in [3.63, 3.8) is 0 Å². The van der Waals surface area contributed by atoms with E-state index in [9.17, 15) is 0 Å². The van der Waals surface area contributed by atoms with Gasteiger partial charge in [0.2, 0.25) is 0 Å². The molecule has 0 aromatic carbocycles. The van der Waals surface area contributed by atoms with Crippen LogP contribution in [0.15, 0.2) is 66.4 Å². The van der Waals surface area contributed by atoms with E-state index in [0.717, 1.165) is 49.2 Å². The van der Waals surface area contributed by atoms with Gasteiger partial charge in [-0.05, 0) is 48.1 Å². The number of hydrogen-bond acceptors (Lipinski definition) is 3. The van der Waals surface area contributed by atoms with Crippen molar-refractivity contribution in [1.29, 1.82) is 5.26 Å². The molecule has 3 heteroatoms. The summed E-state index contributed by atoms with van der Waals surface area (Å²) < 4.78 is 0. The van der Waals surface area contributed by atoms with E-state index in [1.165, 1.54) is 6.20 Å². The van der Waals surface area contributed by atoms with Gasteiger partial charge in [-0.15, -0.1) is 0 Å². The third-order valence-corrected chi connectivity index (χ3v) is 4.26. The summed E-state index contributed by atoms with van der Waals surface area (Å²) in [6, 6.07) is 2.31. The molecule has 136 valence electrons. The molecule has 0 aromatic heterocycles. The number of allylic oxidation sites excluding steroid dienone is 3. The Labute approximate surface area is 154 Å². The van der Waals surface area contributed by atoms with Gasteiger partial charge in [0.15, 0.2) is 0 Å². The van der Waals surface area contributed by atoms with Gasteiger partial charge in [-0.3, -0.25) is 9.89 Å². The van der Waals surface area contributed by atoms with E-state index in [2.05, 4.69) is 49.2 Å². The van der Waals surface area contributed by atoms with Crippen molar-refractivity contribution in [2.24, 2.45) is 10.4 Å². The van der Waals surface area contributed by atoms with Crippen LogP contribution in [-0.4, -0.2) is 30.7 Å². The number of nitrogens with zero attached hydrogens (tertiary/aromatic N) is 3. The second-order valence-electron chi connectivity index (χ2n) is 6.42. The summed E-state index contributed by atoms with van der Waals surface area (Å²) in [6.45, 7) is 24.6. The highest BCUT2D eigenvalue weighted by atomic mass is 15.1. The summed E-state index contributed by atoms with van der Waals surface area (Å²) in [5.41, 5.74) is 2.80. The van der Waals surface area contributed by atoms with Crippen LogP contribution in [0.25, 0.3) is 0 Å². The van der Waals surface area contributed by atoms with Crippen LogP contribution in [0.4, 0.5) is 0 Å². The van der Waals surface area contributed by atoms with Gasteiger partial charge in [0.1, 0.15) is 0 Å². The molecule has 25 heavy (non-hydrogen) atoms. The zero-order valence-corrected chi connectivity index (χ0v) is 16.2. The monoisotopic (exact) mass is 339 g/mol. The second kappa shape index (κ2) is 12.2. The summed E-state index contributed by atoms with van der Waals surface area (Å²) >= 11 is 0. The first-order valence-electron chi connectivity index (χ1n) is 8.87. The van der Waals surface area contributed by atoms with Crippen molar-refractivity contribution < 1.29 is 0 Å². The summed E-state index contributed by atoms with van der Waals surface area (Å²) in [6.07, 6.45) is 9.80. The maximum absolute atomic E-state index is 8.90. The van der Waals surface area contributed by atoms with Gasteiger partial charge in [0.25, 0.3) is 0 Å². The lowest BCUT2D eigenvalue weighted by atomic mass is 9.78. The van der Waals surface area contributed by atoms with Crippen LogP contribution in [0.3, 0.4) is 0 Å². The van der Waals surface area contributed by atoms with E-state index in [0.29, 0.717) is 6.42 Å². The standard InChI is InChI=1S/C20H27N3.C2H6/c1-6-22-15-19(4)18(3)8-7-17(2)16-23-13-10-20(5,9-12-21)11-14-23;1-2/h6-8,15H,1-4,9-11,13-14,16H2,5H3;1-2H3/b8-7-,22-15?;. The molecule has 0 spiro atoms. The van der Waals surface area contributed by atoms with Gasteiger partial charge in [-0.1, -0.05) is 59.2 Å². The van der Waals surface area contributed by atoms with E-state index < -0.39 is 0 Å². The molecule has 1 fully saturated rings. The second-order valence-corrected chi connectivity index (χ2v) is 6.42. The Morgan fingerprint density at radius 2 is 1.76 bits per heavy atom. The molecule has 0 N–H and O–H groups in total. The minimum atomic E-state index is 0.180. The Balaban J connectivity index is 0.00000277. The van der Waals surface area contributed by atoms with E-state index in [1.54, 1.807) is 6.21 Å². The quantitative estimate of drug-likeness (QED) is 0.434. The fourth-order valence-electron chi connectivity index (χ4n) is 2.51. The molecule has 1 heterocycles. The third-order valence-electron chi connectivity index (χ3n) is 4.26. The van der Waals surface area contributed by atoms with E-state index >= 15 is 0 Å². The molecule has 1 aliphatic rings. The number of rotatable bonds is 8. The normalized spacial score (nSPS) is 16.7. The SMILES string of the molecule is C=CN=CC(=C)C(=C)/C=C\C(=C)CN1CCC(C)(CC#N)CC1.CC. The fourth-order valence-corrected chi connectivity index (χ4v) is 2.51. The van der Waals surface area contributed by atoms with Crippen molar-refractivity contribution >= 4 is 6.21 Å². The Hall–Kier alpha value is -2.18. The zero-order chi connectivity index (χ0) is 19.3. The molecule has 3 nitrogen and oxygen atoms in total. The first kappa shape index (κ1) is 22.8. The van der Waals surface area contributed by atoms with Gasteiger partial charge in [0.05, 0.1) is 6.07 Å². The van der Waals surface area contributed by atoms with Crippen molar-refractivity contribution in [3.05, 3.63) is 61.4 Å². The molecule has 0 amide bonds. The molecular formula is C22H33N3. The topological polar surface area (TPSA) is 39.4 Å².